The van der Waals surface area contributed by atoms with Crippen LogP contribution in [0.3, 0.4) is 0 Å². The largest absolute Gasteiger partial charge is 0.494 e. The minimum Gasteiger partial charge on any atom is -0.494 e. The Hall–Kier alpha value is -2.17. The van der Waals surface area contributed by atoms with Crippen molar-refractivity contribution in [3.8, 4) is 11.5 Å². The van der Waals surface area contributed by atoms with Crippen LogP contribution in [0.4, 0.5) is 5.82 Å². The molecule has 0 spiro atoms. The molecule has 0 radical (unpaired) electrons. The molecule has 0 bridgehead atoms. The molecule has 0 fully saturated rings. The van der Waals surface area contributed by atoms with Gasteiger partial charge in [-0.3, -0.25) is 0 Å². The number of nitrogen functional groups attached to an aromatic ring is 1. The van der Waals surface area contributed by atoms with Crippen molar-refractivity contribution in [3.05, 3.63) is 58.6 Å². The van der Waals surface area contributed by atoms with Crippen molar-refractivity contribution in [2.45, 2.75) is 25.9 Å². The summed E-state index contributed by atoms with van der Waals surface area (Å²) < 4.78 is 11.8. The maximum Gasteiger partial charge on any atom is 0.146 e. The first kappa shape index (κ1) is 18.6. The number of rotatable bonds is 7. The van der Waals surface area contributed by atoms with Crippen LogP contribution in [-0.4, -0.2) is 17.7 Å². The molecule has 26 heavy (non-hydrogen) atoms. The van der Waals surface area contributed by atoms with Crippen molar-refractivity contribution >= 4 is 39.9 Å². The summed E-state index contributed by atoms with van der Waals surface area (Å²) in [6, 6.07) is 14.8. The molecule has 4 nitrogen and oxygen atoms in total. The molecule has 2 aromatic carbocycles. The Kier molecular flexibility index (Phi) is 6.07. The van der Waals surface area contributed by atoms with Crippen LogP contribution in [0.5, 0.6) is 11.5 Å². The molecule has 0 saturated heterocycles. The highest BCUT2D eigenvalue weighted by molar-refractivity contribution is 6.42. The van der Waals surface area contributed by atoms with Crippen molar-refractivity contribution < 1.29 is 9.47 Å². The minimum absolute atomic E-state index is 0.0289. The SMILES string of the molecule is CC(CCCOc1ccc(Cl)c(Cl)c1)Oc1cccc2ccc(N)nc12. The van der Waals surface area contributed by atoms with Gasteiger partial charge in [0.1, 0.15) is 22.8 Å². The third kappa shape index (κ3) is 4.71. The number of hydrogen-bond donors (Lipinski definition) is 1. The Morgan fingerprint density at radius 1 is 1.08 bits per heavy atom. The van der Waals surface area contributed by atoms with Gasteiger partial charge in [-0.25, -0.2) is 4.98 Å². The Labute approximate surface area is 162 Å². The lowest BCUT2D eigenvalue weighted by Crippen LogP contribution is -2.13. The predicted octanol–water partition coefficient (Wildman–Crippen LogP) is 5.75. The van der Waals surface area contributed by atoms with E-state index in [0.717, 1.165) is 29.5 Å². The van der Waals surface area contributed by atoms with Crippen LogP contribution in [0.1, 0.15) is 19.8 Å². The molecule has 0 amide bonds. The Morgan fingerprint density at radius 2 is 1.92 bits per heavy atom. The fourth-order valence-electron chi connectivity index (χ4n) is 2.63. The smallest absolute Gasteiger partial charge is 0.146 e. The highest BCUT2D eigenvalue weighted by Crippen LogP contribution is 2.27. The van der Waals surface area contributed by atoms with Gasteiger partial charge in [-0.1, -0.05) is 35.3 Å². The molecule has 1 atom stereocenters. The lowest BCUT2D eigenvalue weighted by molar-refractivity contribution is 0.195. The summed E-state index contributed by atoms with van der Waals surface area (Å²) in [6.07, 6.45) is 1.73. The minimum atomic E-state index is 0.0289. The van der Waals surface area contributed by atoms with E-state index in [1.807, 2.05) is 31.2 Å². The fraction of sp³-hybridized carbons (Fsp3) is 0.250. The number of pyridine rings is 1. The predicted molar refractivity (Wildman–Crippen MR) is 107 cm³/mol. The third-order valence-corrected chi connectivity index (χ3v) is 4.69. The van der Waals surface area contributed by atoms with E-state index >= 15 is 0 Å². The van der Waals surface area contributed by atoms with Gasteiger partial charge in [0.25, 0.3) is 0 Å². The van der Waals surface area contributed by atoms with Gasteiger partial charge >= 0.3 is 0 Å². The van der Waals surface area contributed by atoms with Crippen LogP contribution >= 0.6 is 23.2 Å². The zero-order valence-corrected chi connectivity index (χ0v) is 15.9. The van der Waals surface area contributed by atoms with E-state index in [2.05, 4.69) is 4.98 Å². The quantitative estimate of drug-likeness (QED) is 0.521. The monoisotopic (exact) mass is 390 g/mol. The second kappa shape index (κ2) is 8.47. The Bertz CT molecular complexity index is 902. The number of benzene rings is 2. The second-order valence-corrected chi connectivity index (χ2v) is 6.87. The van der Waals surface area contributed by atoms with Crippen molar-refractivity contribution in [2.75, 3.05) is 12.3 Å². The van der Waals surface area contributed by atoms with Gasteiger partial charge in [0, 0.05) is 11.5 Å². The topological polar surface area (TPSA) is 57.4 Å². The molecule has 3 aromatic rings. The maximum atomic E-state index is 6.06. The molecule has 136 valence electrons. The zero-order valence-electron chi connectivity index (χ0n) is 14.4. The summed E-state index contributed by atoms with van der Waals surface area (Å²) >= 11 is 11.9. The van der Waals surface area contributed by atoms with Gasteiger partial charge in [0.2, 0.25) is 0 Å². The van der Waals surface area contributed by atoms with E-state index in [-0.39, 0.29) is 6.10 Å². The molecule has 0 aliphatic heterocycles. The number of halogens is 2. The molecule has 0 aliphatic carbocycles. The summed E-state index contributed by atoms with van der Waals surface area (Å²) in [6.45, 7) is 2.61. The summed E-state index contributed by atoms with van der Waals surface area (Å²) in [4.78, 5) is 4.38. The average molecular weight is 391 g/mol. The highest BCUT2D eigenvalue weighted by atomic mass is 35.5. The molecule has 1 heterocycles. The lowest BCUT2D eigenvalue weighted by Gasteiger charge is -2.16. The van der Waals surface area contributed by atoms with Crippen LogP contribution in [0.15, 0.2) is 48.5 Å². The van der Waals surface area contributed by atoms with Crippen LogP contribution in [0.2, 0.25) is 10.0 Å². The van der Waals surface area contributed by atoms with Gasteiger partial charge in [-0.15, -0.1) is 0 Å². The number of fused-ring (bicyclic) bond motifs is 1. The standard InChI is InChI=1S/C20H20Cl2N2O2/c1-13(4-3-11-25-15-8-9-16(21)17(22)12-15)26-18-6-2-5-14-7-10-19(23)24-20(14)18/h2,5-10,12-13H,3-4,11H2,1H3,(H2,23,24). The summed E-state index contributed by atoms with van der Waals surface area (Å²) in [5, 5.41) is 2.01. The molecule has 1 unspecified atom stereocenters. The van der Waals surface area contributed by atoms with Crippen LogP contribution < -0.4 is 15.2 Å². The zero-order chi connectivity index (χ0) is 18.5. The fourth-order valence-corrected chi connectivity index (χ4v) is 2.92. The van der Waals surface area contributed by atoms with Crippen LogP contribution in [-0.2, 0) is 0 Å². The maximum absolute atomic E-state index is 6.06. The normalized spacial score (nSPS) is 12.1. The van der Waals surface area contributed by atoms with E-state index in [1.54, 1.807) is 24.3 Å². The van der Waals surface area contributed by atoms with E-state index in [0.29, 0.717) is 28.2 Å². The number of nitrogens with two attached hydrogens (primary N) is 1. The van der Waals surface area contributed by atoms with Gasteiger partial charge in [-0.2, -0.15) is 0 Å². The molecule has 6 heteroatoms. The molecular weight excluding hydrogens is 371 g/mol. The molecule has 3 rings (SSSR count). The lowest BCUT2D eigenvalue weighted by atomic mass is 10.2. The van der Waals surface area contributed by atoms with Gasteiger partial charge in [0.05, 0.1) is 22.8 Å². The molecule has 0 saturated carbocycles. The number of aromatic nitrogens is 1. The first-order chi connectivity index (χ1) is 12.5. The third-order valence-electron chi connectivity index (χ3n) is 3.95. The summed E-state index contributed by atoms with van der Waals surface area (Å²) in [7, 11) is 0. The number of nitrogens with zero attached hydrogens (tertiary/aromatic N) is 1. The number of ether oxygens (including phenoxy) is 2. The number of anilines is 1. The number of para-hydroxylation sites is 1. The Balaban J connectivity index is 1.52. The first-order valence-electron chi connectivity index (χ1n) is 8.42. The highest BCUT2D eigenvalue weighted by Gasteiger charge is 2.09. The van der Waals surface area contributed by atoms with Crippen molar-refractivity contribution in [1.29, 1.82) is 0 Å². The van der Waals surface area contributed by atoms with E-state index in [9.17, 15) is 0 Å². The van der Waals surface area contributed by atoms with Gasteiger partial charge < -0.3 is 15.2 Å². The number of hydrogen-bond acceptors (Lipinski definition) is 4. The van der Waals surface area contributed by atoms with Crippen molar-refractivity contribution in [1.82, 2.24) is 4.98 Å². The molecule has 0 aliphatic rings. The average Bonchev–Trinajstić information content (AvgIpc) is 2.62. The van der Waals surface area contributed by atoms with E-state index < -0.39 is 0 Å². The Morgan fingerprint density at radius 3 is 2.73 bits per heavy atom. The van der Waals surface area contributed by atoms with Crippen molar-refractivity contribution in [2.24, 2.45) is 0 Å². The van der Waals surface area contributed by atoms with Crippen molar-refractivity contribution in [3.63, 3.8) is 0 Å². The van der Waals surface area contributed by atoms with Gasteiger partial charge in [0.15, 0.2) is 0 Å². The summed E-state index contributed by atoms with van der Waals surface area (Å²) in [5.41, 5.74) is 6.58. The van der Waals surface area contributed by atoms with E-state index in [4.69, 9.17) is 38.4 Å². The summed E-state index contributed by atoms with van der Waals surface area (Å²) in [5.74, 6) is 1.94. The van der Waals surface area contributed by atoms with E-state index in [1.165, 1.54) is 0 Å². The molecule has 1 aromatic heterocycles. The molecular formula is C20H20Cl2N2O2. The van der Waals surface area contributed by atoms with Gasteiger partial charge in [-0.05, 0) is 50.1 Å². The van der Waals surface area contributed by atoms with Crippen LogP contribution in [0, 0.1) is 0 Å². The molecule has 2 N–H and O–H groups in total. The second-order valence-electron chi connectivity index (χ2n) is 6.06. The first-order valence-corrected chi connectivity index (χ1v) is 9.18. The van der Waals surface area contributed by atoms with Crippen LogP contribution in [0.25, 0.3) is 10.9 Å².